The summed E-state index contributed by atoms with van der Waals surface area (Å²) in [5.41, 5.74) is 16.6. The summed E-state index contributed by atoms with van der Waals surface area (Å²) >= 11 is 5.97. The molecule has 1 aliphatic rings. The zero-order chi connectivity index (χ0) is 58.3. The number of likely N-dealkylation sites (N-methyl/N-ethyl adjacent to an activating group) is 1. The Bertz CT molecular complexity index is 2960. The lowest BCUT2D eigenvalue weighted by molar-refractivity contribution is -0.140. The molecule has 22 heteroatoms. The molecule has 0 saturated heterocycles. The van der Waals surface area contributed by atoms with Crippen LogP contribution in [-0.2, 0) is 25.5 Å². The molecule has 1 aliphatic carbocycles. The minimum atomic E-state index is -4.54. The summed E-state index contributed by atoms with van der Waals surface area (Å²) in [6.45, 7) is 9.65. The van der Waals surface area contributed by atoms with Crippen LogP contribution in [0.25, 0.3) is 32.7 Å². The number of halogens is 4. The summed E-state index contributed by atoms with van der Waals surface area (Å²) in [6, 6.07) is 25.5. The molecule has 0 bridgehead atoms. The number of hydrogen-bond donors (Lipinski definition) is 7. The predicted octanol–water partition coefficient (Wildman–Crippen LogP) is 10.5. The lowest BCUT2D eigenvalue weighted by atomic mass is 9.90. The molecule has 1 saturated carbocycles. The van der Waals surface area contributed by atoms with Crippen LogP contribution in [0, 0.1) is 10.8 Å². The van der Waals surface area contributed by atoms with Crippen molar-refractivity contribution in [2.75, 3.05) is 117 Å². The number of nitrogens with one attached hydrogen (secondary N) is 4. The van der Waals surface area contributed by atoms with Crippen molar-refractivity contribution in [2.45, 2.75) is 83.6 Å². The van der Waals surface area contributed by atoms with Gasteiger partial charge in [0.05, 0.1) is 87.8 Å². The van der Waals surface area contributed by atoms with Crippen molar-refractivity contribution in [1.29, 1.82) is 10.8 Å². The van der Waals surface area contributed by atoms with Crippen LogP contribution < -0.4 is 37.4 Å². The molecule has 2 aromatic heterocycles. The molecule has 18 nitrogen and oxygen atoms in total. The maximum atomic E-state index is 13.8. The maximum Gasteiger partial charge on any atom is 0.406 e. The van der Waals surface area contributed by atoms with Gasteiger partial charge in [-0.05, 0) is 138 Å². The van der Waals surface area contributed by atoms with Crippen molar-refractivity contribution >= 4 is 73.2 Å². The van der Waals surface area contributed by atoms with E-state index in [4.69, 9.17) is 68.2 Å². The van der Waals surface area contributed by atoms with E-state index in [0.29, 0.717) is 96.7 Å². The number of nitrogens with two attached hydrogens (primary N) is 3. The third-order valence-electron chi connectivity index (χ3n) is 13.9. The van der Waals surface area contributed by atoms with Crippen LogP contribution in [0.3, 0.4) is 0 Å². The number of ether oxygens (including phenoxy) is 6. The van der Waals surface area contributed by atoms with Gasteiger partial charge in [-0.2, -0.15) is 13.2 Å². The van der Waals surface area contributed by atoms with Gasteiger partial charge in [-0.1, -0.05) is 44.4 Å². The van der Waals surface area contributed by atoms with Crippen LogP contribution in [0.1, 0.15) is 64.5 Å². The van der Waals surface area contributed by atoms with Crippen LogP contribution in [-0.4, -0.2) is 155 Å². The van der Waals surface area contributed by atoms with E-state index >= 15 is 0 Å². The summed E-state index contributed by atoms with van der Waals surface area (Å²) in [7, 11) is 5.78. The molecule has 0 aliphatic heterocycles. The van der Waals surface area contributed by atoms with E-state index in [1.807, 2.05) is 42.5 Å². The van der Waals surface area contributed by atoms with Gasteiger partial charge in [0.1, 0.15) is 30.3 Å². The highest BCUT2D eigenvalue weighted by Crippen LogP contribution is 2.34. The minimum Gasteiger partial charge on any atom is -0.497 e. The number of nitrogen functional groups attached to an aromatic ring is 1. The molecule has 10 N–H and O–H groups in total. The smallest absolute Gasteiger partial charge is 0.406 e. The van der Waals surface area contributed by atoms with Gasteiger partial charge < -0.3 is 69.9 Å². The Morgan fingerprint density at radius 3 is 2.17 bits per heavy atom. The number of nitrogens with zero attached hydrogens (tertiary/aromatic N) is 5. The van der Waals surface area contributed by atoms with E-state index in [2.05, 4.69) is 53.4 Å². The molecule has 0 radical (unpaired) electrons. The number of aromatic nitrogens is 2. The average Bonchev–Trinajstić information content (AvgIpc) is 4.01. The molecule has 0 amide bonds. The second-order valence-electron chi connectivity index (χ2n) is 20.1. The normalized spacial score (nSPS) is 14.8. The summed E-state index contributed by atoms with van der Waals surface area (Å²) in [4.78, 5) is 9.20. The quantitative estimate of drug-likeness (QED) is 0.00555. The van der Waals surface area contributed by atoms with Crippen molar-refractivity contribution in [2.24, 2.45) is 11.6 Å². The van der Waals surface area contributed by atoms with Crippen molar-refractivity contribution < 1.29 is 41.6 Å². The number of hydrogen-bond acceptors (Lipinski definition) is 17. The largest absolute Gasteiger partial charge is 0.497 e. The Kier molecular flexibility index (Phi) is 25.2. The highest BCUT2D eigenvalue weighted by molar-refractivity contribution is 6.31. The van der Waals surface area contributed by atoms with E-state index in [1.165, 1.54) is 30.3 Å². The first kappa shape index (κ1) is 63.6. The molecule has 0 spiro atoms. The van der Waals surface area contributed by atoms with Crippen LogP contribution in [0.4, 0.5) is 30.2 Å². The summed E-state index contributed by atoms with van der Waals surface area (Å²) in [5.74, 6) is 6.46. The summed E-state index contributed by atoms with van der Waals surface area (Å²) in [5, 5.41) is 28.0. The number of hydrazine groups is 1. The van der Waals surface area contributed by atoms with E-state index in [1.54, 1.807) is 49.7 Å². The van der Waals surface area contributed by atoms with Crippen LogP contribution in [0.15, 0.2) is 96.8 Å². The van der Waals surface area contributed by atoms with Gasteiger partial charge in [-0.15, -0.1) is 0 Å². The Hall–Kier alpha value is -6.59. The number of unbranched alkanes of at least 4 members (excludes halogenated alkanes) is 2. The van der Waals surface area contributed by atoms with E-state index in [-0.39, 0.29) is 30.8 Å². The van der Waals surface area contributed by atoms with Gasteiger partial charge in [-0.3, -0.25) is 10.8 Å². The number of alkyl halides is 3. The molecule has 0 atom stereocenters. The third kappa shape index (κ3) is 20.4. The van der Waals surface area contributed by atoms with E-state index in [0.717, 1.165) is 77.4 Å². The Balaban J connectivity index is 0.000000489. The summed E-state index contributed by atoms with van der Waals surface area (Å²) < 4.78 is 75.8. The second kappa shape index (κ2) is 32.2. The van der Waals surface area contributed by atoms with Gasteiger partial charge >= 0.3 is 6.18 Å². The van der Waals surface area contributed by atoms with Gasteiger partial charge in [-0.25, -0.2) is 10.8 Å². The second-order valence-corrected chi connectivity index (χ2v) is 20.5. The fourth-order valence-electron chi connectivity index (χ4n) is 9.42. The van der Waals surface area contributed by atoms with E-state index < -0.39 is 18.6 Å². The fraction of sp³-hybridized carbons (Fsp3) is 0.475. The standard InChI is InChI=1S/C45H71F3N10O5.C14H11ClN2O/c1-5-7-8-20-56(6-2)21-23-59-25-27-61-28-26-60-24-22-57(52)31-34(49)32-62-38-18-14-35(15-19-38)53-30-43(50)63-44(51)42-29-39-40(54-36-12-16-37(17-13-36)55(3)4)10-9-11-41(39)58(42)33-45(46,47)48;1-18-9-3-5-12-11(7-9)14(16)10-4-2-8(15)6-13(10)17-12/h9-11,14-15,18-19,29,31,36-37,50-51,53-54H,5-8,12-13,16-17,20-28,30,32-33,49,52H2,1-4H3;2-7H,1H3,(H2,16,17)/b34-31-,50-43?,51-44?;. The molecular formula is C59H82ClF3N12O6. The Labute approximate surface area is 478 Å². The molecule has 81 heavy (non-hydrogen) atoms. The maximum absolute atomic E-state index is 13.8. The van der Waals surface area contributed by atoms with Crippen LogP contribution >= 0.6 is 11.6 Å². The SMILES string of the molecule is CCCCCN(CC)CCOCCOCCOCCN(N)/C=C(\N)COc1ccc(NCC(=N)OC(=N)c2cc3c(NC4CCC(N(C)C)CC4)cccc3n2CC(F)(F)F)cc1.COc1ccc2nc3cc(Cl)ccc3c(N)c2c1. The highest BCUT2D eigenvalue weighted by Gasteiger charge is 2.32. The van der Waals surface area contributed by atoms with Crippen molar-refractivity contribution in [3.63, 3.8) is 0 Å². The Morgan fingerprint density at radius 2 is 1.51 bits per heavy atom. The first-order valence-electron chi connectivity index (χ1n) is 27.6. The molecule has 1 fully saturated rings. The molecule has 7 rings (SSSR count). The number of fused-ring (bicyclic) bond motifs is 3. The molecule has 442 valence electrons. The third-order valence-corrected chi connectivity index (χ3v) is 14.1. The number of pyridine rings is 1. The lowest BCUT2D eigenvalue weighted by Crippen LogP contribution is -2.36. The molecular weight excluding hydrogens is 1070 g/mol. The van der Waals surface area contributed by atoms with Gasteiger partial charge in [0.25, 0.3) is 0 Å². The monoisotopic (exact) mass is 1150 g/mol. The first-order chi connectivity index (χ1) is 38.9. The number of methoxy groups -OCH3 is 1. The molecule has 0 unspecified atom stereocenters. The fourth-order valence-corrected chi connectivity index (χ4v) is 9.59. The zero-order valence-corrected chi connectivity index (χ0v) is 48.1. The van der Waals surface area contributed by atoms with Crippen LogP contribution in [0.5, 0.6) is 11.5 Å². The number of rotatable bonds is 30. The van der Waals surface area contributed by atoms with Crippen LogP contribution in [0.2, 0.25) is 5.02 Å². The van der Waals surface area contributed by atoms with E-state index in [9.17, 15) is 13.2 Å². The minimum absolute atomic E-state index is 0.0704. The molecule has 2 heterocycles. The van der Waals surface area contributed by atoms with Crippen molar-refractivity contribution in [1.82, 2.24) is 24.4 Å². The number of anilines is 3. The van der Waals surface area contributed by atoms with Gasteiger partial charge in [0.15, 0.2) is 0 Å². The number of benzene rings is 4. The average molecular weight is 1150 g/mol. The Morgan fingerprint density at radius 1 is 0.815 bits per heavy atom. The zero-order valence-electron chi connectivity index (χ0n) is 47.4. The van der Waals surface area contributed by atoms with Gasteiger partial charge in [0.2, 0.25) is 11.8 Å². The highest BCUT2D eigenvalue weighted by atomic mass is 35.5. The predicted molar refractivity (Wildman–Crippen MR) is 320 cm³/mol. The topological polar surface area (TPSA) is 233 Å². The van der Waals surface area contributed by atoms with Crippen molar-refractivity contribution in [3.05, 3.63) is 108 Å². The van der Waals surface area contributed by atoms with Gasteiger partial charge in [0, 0.05) is 57.4 Å². The molecule has 4 aromatic carbocycles. The lowest BCUT2D eigenvalue weighted by Gasteiger charge is -2.33. The first-order valence-corrected chi connectivity index (χ1v) is 28.0. The molecule has 6 aromatic rings. The summed E-state index contributed by atoms with van der Waals surface area (Å²) in [6.07, 6.45) is 4.70. The van der Waals surface area contributed by atoms with Crippen molar-refractivity contribution in [3.8, 4) is 11.5 Å².